The minimum atomic E-state index is 0.424. The number of nitrogens with zero attached hydrogens (tertiary/aromatic N) is 1. The maximum atomic E-state index is 3.50. The van der Waals surface area contributed by atoms with Gasteiger partial charge in [-0.1, -0.05) is 41.0 Å². The summed E-state index contributed by atoms with van der Waals surface area (Å²) in [5.74, 6) is 0.771. The highest BCUT2D eigenvalue weighted by Gasteiger charge is 2.12. The molecule has 0 heterocycles. The Morgan fingerprint density at radius 1 is 1.06 bits per heavy atom. The first-order valence-electron chi connectivity index (χ1n) is 7.20. The molecule has 0 rings (SSSR count). The second kappa shape index (κ2) is 8.93. The number of rotatable bonds is 9. The van der Waals surface area contributed by atoms with Crippen molar-refractivity contribution in [3.8, 4) is 0 Å². The summed E-state index contributed by atoms with van der Waals surface area (Å²) in [7, 11) is 2.24. The van der Waals surface area contributed by atoms with E-state index in [4.69, 9.17) is 0 Å². The Morgan fingerprint density at radius 3 is 2.24 bits per heavy atom. The summed E-state index contributed by atoms with van der Waals surface area (Å²) in [6.45, 7) is 16.2. The van der Waals surface area contributed by atoms with Gasteiger partial charge in [-0.3, -0.25) is 0 Å². The lowest BCUT2D eigenvalue weighted by atomic mass is 9.96. The molecule has 1 N–H and O–H groups in total. The lowest BCUT2D eigenvalue weighted by Gasteiger charge is -2.26. The average Bonchev–Trinajstić information content (AvgIpc) is 2.12. The predicted octanol–water partition coefficient (Wildman–Crippen LogP) is 3.38. The van der Waals surface area contributed by atoms with Crippen molar-refractivity contribution in [3.63, 3.8) is 0 Å². The zero-order valence-corrected chi connectivity index (χ0v) is 13.0. The Morgan fingerprint density at radius 2 is 1.71 bits per heavy atom. The van der Waals surface area contributed by atoms with Crippen LogP contribution in [0.4, 0.5) is 0 Å². The van der Waals surface area contributed by atoms with Crippen molar-refractivity contribution in [1.29, 1.82) is 0 Å². The van der Waals surface area contributed by atoms with Crippen LogP contribution in [0.15, 0.2) is 0 Å². The van der Waals surface area contributed by atoms with E-state index in [1.54, 1.807) is 0 Å². The fraction of sp³-hybridized carbons (Fsp3) is 1.00. The van der Waals surface area contributed by atoms with Gasteiger partial charge in [0.1, 0.15) is 0 Å². The van der Waals surface area contributed by atoms with Crippen LogP contribution in [0, 0.1) is 11.3 Å². The van der Waals surface area contributed by atoms with Gasteiger partial charge in [0, 0.05) is 6.54 Å². The number of unbranched alkanes of at least 4 members (excludes halogenated alkanes) is 2. The molecule has 0 radical (unpaired) electrons. The van der Waals surface area contributed by atoms with Crippen LogP contribution in [0.3, 0.4) is 0 Å². The first-order chi connectivity index (χ1) is 7.81. The molecule has 104 valence electrons. The summed E-state index contributed by atoms with van der Waals surface area (Å²) >= 11 is 0. The summed E-state index contributed by atoms with van der Waals surface area (Å²) in [5.41, 5.74) is 0.424. The second-order valence-corrected chi connectivity index (χ2v) is 6.96. The molecule has 2 heteroatoms. The molecule has 2 nitrogen and oxygen atoms in total. The van der Waals surface area contributed by atoms with E-state index in [0.717, 1.165) is 12.5 Å². The Bertz CT molecular complexity index is 170. The molecule has 0 aliphatic carbocycles. The molecule has 0 unspecified atom stereocenters. The number of nitrogens with one attached hydrogen (secondary N) is 1. The molecular formula is C15H34N2. The third-order valence-electron chi connectivity index (χ3n) is 2.69. The van der Waals surface area contributed by atoms with Gasteiger partial charge < -0.3 is 10.2 Å². The van der Waals surface area contributed by atoms with Crippen LogP contribution in [0.25, 0.3) is 0 Å². The lowest BCUT2D eigenvalue weighted by Crippen LogP contribution is -2.30. The maximum Gasteiger partial charge on any atom is 0.00270 e. The van der Waals surface area contributed by atoms with Crippen LogP contribution in [-0.4, -0.2) is 38.1 Å². The number of hydrogen-bond donors (Lipinski definition) is 1. The van der Waals surface area contributed by atoms with E-state index in [0.29, 0.717) is 5.41 Å². The molecule has 17 heavy (non-hydrogen) atoms. The summed E-state index contributed by atoms with van der Waals surface area (Å²) in [6, 6.07) is 0. The minimum Gasteiger partial charge on any atom is -0.316 e. The fourth-order valence-electron chi connectivity index (χ4n) is 2.09. The average molecular weight is 242 g/mol. The Balaban J connectivity index is 3.28. The Hall–Kier alpha value is -0.0800. The third-order valence-corrected chi connectivity index (χ3v) is 2.69. The van der Waals surface area contributed by atoms with Gasteiger partial charge in [-0.05, 0) is 50.9 Å². The van der Waals surface area contributed by atoms with Crippen LogP contribution in [0.5, 0.6) is 0 Å². The molecule has 0 saturated heterocycles. The first-order valence-corrected chi connectivity index (χ1v) is 7.20. The smallest absolute Gasteiger partial charge is 0.00270 e. The summed E-state index contributed by atoms with van der Waals surface area (Å²) in [6.07, 6.45) is 3.99. The maximum absolute atomic E-state index is 3.50. The van der Waals surface area contributed by atoms with Crippen molar-refractivity contribution >= 4 is 0 Å². The molecule has 0 aromatic heterocycles. The van der Waals surface area contributed by atoms with E-state index in [1.165, 1.54) is 38.9 Å². The molecule has 0 spiro atoms. The second-order valence-electron chi connectivity index (χ2n) is 6.96. The fourth-order valence-corrected chi connectivity index (χ4v) is 2.09. The highest BCUT2D eigenvalue weighted by atomic mass is 15.1. The molecule has 0 amide bonds. The van der Waals surface area contributed by atoms with Crippen LogP contribution in [-0.2, 0) is 0 Å². The van der Waals surface area contributed by atoms with Crippen LogP contribution in [0.2, 0.25) is 0 Å². The molecule has 0 atom stereocenters. The van der Waals surface area contributed by atoms with E-state index < -0.39 is 0 Å². The highest BCUT2D eigenvalue weighted by Crippen LogP contribution is 2.14. The summed E-state index contributed by atoms with van der Waals surface area (Å²) < 4.78 is 0. The molecule has 0 aliphatic heterocycles. The van der Waals surface area contributed by atoms with Crippen molar-refractivity contribution in [2.45, 2.75) is 53.9 Å². The predicted molar refractivity (Wildman–Crippen MR) is 78.5 cm³/mol. The topological polar surface area (TPSA) is 15.3 Å². The van der Waals surface area contributed by atoms with Crippen molar-refractivity contribution in [3.05, 3.63) is 0 Å². The number of hydrogen-bond acceptors (Lipinski definition) is 2. The van der Waals surface area contributed by atoms with E-state index in [9.17, 15) is 0 Å². The Labute approximate surface area is 109 Å². The van der Waals surface area contributed by atoms with Crippen molar-refractivity contribution in [2.24, 2.45) is 11.3 Å². The molecular weight excluding hydrogens is 208 g/mol. The first kappa shape index (κ1) is 16.9. The van der Waals surface area contributed by atoms with Gasteiger partial charge in [-0.25, -0.2) is 0 Å². The van der Waals surface area contributed by atoms with Crippen molar-refractivity contribution < 1.29 is 0 Å². The molecule has 0 aromatic rings. The molecule has 0 aromatic carbocycles. The molecule has 0 fully saturated rings. The van der Waals surface area contributed by atoms with E-state index >= 15 is 0 Å². The zero-order valence-electron chi connectivity index (χ0n) is 13.0. The molecule has 0 aliphatic rings. The van der Waals surface area contributed by atoms with Crippen LogP contribution >= 0.6 is 0 Å². The van der Waals surface area contributed by atoms with E-state index in [-0.39, 0.29) is 0 Å². The third kappa shape index (κ3) is 13.9. The lowest BCUT2D eigenvalue weighted by molar-refractivity contribution is 0.223. The summed E-state index contributed by atoms with van der Waals surface area (Å²) in [4.78, 5) is 2.46. The van der Waals surface area contributed by atoms with Gasteiger partial charge in [0.15, 0.2) is 0 Å². The van der Waals surface area contributed by atoms with Gasteiger partial charge in [0.2, 0.25) is 0 Å². The summed E-state index contributed by atoms with van der Waals surface area (Å²) in [5, 5.41) is 3.50. The van der Waals surface area contributed by atoms with Gasteiger partial charge in [-0.15, -0.1) is 0 Å². The van der Waals surface area contributed by atoms with Crippen LogP contribution < -0.4 is 5.32 Å². The zero-order chi connectivity index (χ0) is 13.3. The van der Waals surface area contributed by atoms with Gasteiger partial charge in [0.05, 0.1) is 0 Å². The quantitative estimate of drug-likeness (QED) is 0.624. The molecule has 0 saturated carbocycles. The van der Waals surface area contributed by atoms with E-state index in [2.05, 4.69) is 51.9 Å². The SMILES string of the molecule is CC(C)CNCCCCCN(C)CC(C)(C)C. The van der Waals surface area contributed by atoms with Gasteiger partial charge in [-0.2, -0.15) is 0 Å². The van der Waals surface area contributed by atoms with Gasteiger partial charge in [0.25, 0.3) is 0 Å². The van der Waals surface area contributed by atoms with Crippen LogP contribution in [0.1, 0.15) is 53.9 Å². The highest BCUT2D eigenvalue weighted by molar-refractivity contribution is 4.66. The monoisotopic (exact) mass is 242 g/mol. The van der Waals surface area contributed by atoms with Crippen molar-refractivity contribution in [2.75, 3.05) is 33.2 Å². The molecule has 0 bridgehead atoms. The Kier molecular flexibility index (Phi) is 8.89. The van der Waals surface area contributed by atoms with Crippen molar-refractivity contribution in [1.82, 2.24) is 10.2 Å². The largest absolute Gasteiger partial charge is 0.316 e. The normalized spacial score (nSPS) is 12.7. The van der Waals surface area contributed by atoms with Gasteiger partial charge >= 0.3 is 0 Å². The van der Waals surface area contributed by atoms with E-state index in [1.807, 2.05) is 0 Å². The standard InChI is InChI=1S/C15H34N2/c1-14(2)12-16-10-8-7-9-11-17(6)13-15(3,4)5/h14,16H,7-13H2,1-6H3. The minimum absolute atomic E-state index is 0.424.